The third-order valence-electron chi connectivity index (χ3n) is 2.11. The van der Waals surface area contributed by atoms with E-state index >= 15 is 0 Å². The average Bonchev–Trinajstić information content (AvgIpc) is 2.62. The van der Waals surface area contributed by atoms with Gasteiger partial charge in [-0.25, -0.2) is 0 Å². The van der Waals surface area contributed by atoms with Crippen molar-refractivity contribution in [1.82, 2.24) is 9.78 Å². The Balaban J connectivity index is 2.57. The van der Waals surface area contributed by atoms with Crippen LogP contribution < -0.4 is 5.73 Å². The highest BCUT2D eigenvalue weighted by Crippen LogP contribution is 2.16. The summed E-state index contributed by atoms with van der Waals surface area (Å²) in [6, 6.07) is 0.394. The van der Waals surface area contributed by atoms with E-state index in [0.717, 1.165) is 5.56 Å². The summed E-state index contributed by atoms with van der Waals surface area (Å²) in [6.07, 6.45) is 3.94. The van der Waals surface area contributed by atoms with Crippen LogP contribution in [0, 0.1) is 0 Å². The summed E-state index contributed by atoms with van der Waals surface area (Å²) in [5, 5.41) is 4.25. The molecule has 0 saturated heterocycles. The molecule has 1 atom stereocenters. The Morgan fingerprint density at radius 2 is 2.21 bits per heavy atom. The van der Waals surface area contributed by atoms with E-state index in [0.29, 0.717) is 19.2 Å². The lowest BCUT2D eigenvalue weighted by Crippen LogP contribution is -2.10. The molecule has 0 radical (unpaired) electrons. The molecule has 0 spiro atoms. The first-order valence-electron chi connectivity index (χ1n) is 5.01. The summed E-state index contributed by atoms with van der Waals surface area (Å²) in [4.78, 5) is 0. The van der Waals surface area contributed by atoms with Gasteiger partial charge < -0.3 is 10.5 Å². The van der Waals surface area contributed by atoms with Crippen LogP contribution in [0.25, 0.3) is 0 Å². The van der Waals surface area contributed by atoms with Crippen molar-refractivity contribution >= 4 is 0 Å². The first-order chi connectivity index (χ1) is 6.65. The fourth-order valence-electron chi connectivity index (χ4n) is 1.19. The zero-order valence-corrected chi connectivity index (χ0v) is 9.10. The predicted octanol–water partition coefficient (Wildman–Crippen LogP) is 1.50. The van der Waals surface area contributed by atoms with Crippen molar-refractivity contribution in [2.45, 2.75) is 32.9 Å². The highest BCUT2D eigenvalue weighted by atomic mass is 16.5. The SMILES string of the molecule is CC(OCCN)c1cnn(C(C)C)c1. The fraction of sp³-hybridized carbons (Fsp3) is 0.700. The monoisotopic (exact) mass is 197 g/mol. The van der Waals surface area contributed by atoms with Gasteiger partial charge in [-0.05, 0) is 20.8 Å². The van der Waals surface area contributed by atoms with E-state index in [2.05, 4.69) is 18.9 Å². The van der Waals surface area contributed by atoms with E-state index in [4.69, 9.17) is 10.5 Å². The van der Waals surface area contributed by atoms with E-state index in [1.54, 1.807) is 0 Å². The maximum absolute atomic E-state index is 5.49. The molecule has 0 aromatic carbocycles. The smallest absolute Gasteiger partial charge is 0.0827 e. The van der Waals surface area contributed by atoms with Gasteiger partial charge in [-0.1, -0.05) is 0 Å². The Morgan fingerprint density at radius 3 is 2.71 bits per heavy atom. The second kappa shape index (κ2) is 5.12. The minimum absolute atomic E-state index is 0.0750. The molecule has 0 aliphatic rings. The Bertz CT molecular complexity index is 270. The maximum Gasteiger partial charge on any atom is 0.0827 e. The summed E-state index contributed by atoms with van der Waals surface area (Å²) in [5.41, 5.74) is 6.47. The summed E-state index contributed by atoms with van der Waals surface area (Å²) in [5.74, 6) is 0. The number of aromatic nitrogens is 2. The normalized spacial score (nSPS) is 13.5. The lowest BCUT2D eigenvalue weighted by molar-refractivity contribution is 0.0717. The predicted molar refractivity (Wildman–Crippen MR) is 56.0 cm³/mol. The summed E-state index contributed by atoms with van der Waals surface area (Å²) in [6.45, 7) is 7.36. The van der Waals surface area contributed by atoms with Crippen LogP contribution in [0.5, 0.6) is 0 Å². The number of rotatable bonds is 5. The van der Waals surface area contributed by atoms with Crippen LogP contribution in [0.1, 0.15) is 38.5 Å². The average molecular weight is 197 g/mol. The molecule has 0 amide bonds. The van der Waals surface area contributed by atoms with Gasteiger partial charge in [0, 0.05) is 24.3 Å². The number of hydrogen-bond donors (Lipinski definition) is 1. The zero-order chi connectivity index (χ0) is 10.6. The van der Waals surface area contributed by atoms with Gasteiger partial charge in [-0.2, -0.15) is 5.10 Å². The van der Waals surface area contributed by atoms with Crippen molar-refractivity contribution in [3.05, 3.63) is 18.0 Å². The second-order valence-corrected chi connectivity index (χ2v) is 3.65. The van der Waals surface area contributed by atoms with Crippen molar-refractivity contribution in [3.63, 3.8) is 0 Å². The molecule has 1 heterocycles. The van der Waals surface area contributed by atoms with Gasteiger partial charge in [-0.3, -0.25) is 4.68 Å². The molecule has 4 nitrogen and oxygen atoms in total. The van der Waals surface area contributed by atoms with Gasteiger partial charge in [0.25, 0.3) is 0 Å². The number of hydrogen-bond acceptors (Lipinski definition) is 3. The minimum atomic E-state index is 0.0750. The molecule has 0 aliphatic heterocycles. The van der Waals surface area contributed by atoms with Gasteiger partial charge in [0.15, 0.2) is 0 Å². The Hall–Kier alpha value is -0.870. The molecule has 14 heavy (non-hydrogen) atoms. The molecule has 0 fully saturated rings. The van der Waals surface area contributed by atoms with Crippen LogP contribution >= 0.6 is 0 Å². The Labute approximate surface area is 85.0 Å². The van der Waals surface area contributed by atoms with Crippen LogP contribution in [0.4, 0.5) is 0 Å². The molecule has 4 heteroatoms. The molecular weight excluding hydrogens is 178 g/mol. The summed E-state index contributed by atoms with van der Waals surface area (Å²) >= 11 is 0. The lowest BCUT2D eigenvalue weighted by atomic mass is 10.2. The second-order valence-electron chi connectivity index (χ2n) is 3.65. The summed E-state index contributed by atoms with van der Waals surface area (Å²) < 4.78 is 7.42. The standard InChI is InChI=1S/C10H19N3O/c1-8(2)13-7-10(6-12-13)9(3)14-5-4-11/h6-9H,4-5,11H2,1-3H3. The van der Waals surface area contributed by atoms with E-state index in [-0.39, 0.29) is 6.10 Å². The first-order valence-corrected chi connectivity index (χ1v) is 5.01. The molecule has 0 saturated carbocycles. The molecule has 1 rings (SSSR count). The highest BCUT2D eigenvalue weighted by Gasteiger charge is 2.08. The molecule has 80 valence electrons. The van der Waals surface area contributed by atoms with Gasteiger partial charge in [0.2, 0.25) is 0 Å². The van der Waals surface area contributed by atoms with Crippen molar-refractivity contribution in [2.75, 3.05) is 13.2 Å². The van der Waals surface area contributed by atoms with Crippen LogP contribution in [-0.2, 0) is 4.74 Å². The number of nitrogens with zero attached hydrogens (tertiary/aromatic N) is 2. The van der Waals surface area contributed by atoms with Gasteiger partial charge in [-0.15, -0.1) is 0 Å². The Kier molecular flexibility index (Phi) is 4.10. The molecule has 1 aromatic heterocycles. The van der Waals surface area contributed by atoms with Gasteiger partial charge in [0.05, 0.1) is 18.9 Å². The third-order valence-corrected chi connectivity index (χ3v) is 2.11. The lowest BCUT2D eigenvalue weighted by Gasteiger charge is -2.09. The topological polar surface area (TPSA) is 53.1 Å². The van der Waals surface area contributed by atoms with Crippen LogP contribution in [0.3, 0.4) is 0 Å². The van der Waals surface area contributed by atoms with E-state index < -0.39 is 0 Å². The third kappa shape index (κ3) is 2.82. The van der Waals surface area contributed by atoms with Crippen molar-refractivity contribution in [1.29, 1.82) is 0 Å². The van der Waals surface area contributed by atoms with Crippen LogP contribution in [0.2, 0.25) is 0 Å². The quantitative estimate of drug-likeness (QED) is 0.778. The molecular formula is C10H19N3O. The highest BCUT2D eigenvalue weighted by molar-refractivity contribution is 5.07. The van der Waals surface area contributed by atoms with Crippen molar-refractivity contribution in [3.8, 4) is 0 Å². The number of nitrogens with two attached hydrogens (primary N) is 1. The minimum Gasteiger partial charge on any atom is -0.372 e. The molecule has 1 aromatic rings. The first kappa shape index (κ1) is 11.2. The number of ether oxygens (including phenoxy) is 1. The van der Waals surface area contributed by atoms with E-state index in [9.17, 15) is 0 Å². The van der Waals surface area contributed by atoms with Gasteiger partial charge in [0.1, 0.15) is 0 Å². The van der Waals surface area contributed by atoms with E-state index in [1.165, 1.54) is 0 Å². The Morgan fingerprint density at radius 1 is 1.50 bits per heavy atom. The maximum atomic E-state index is 5.49. The van der Waals surface area contributed by atoms with Gasteiger partial charge >= 0.3 is 0 Å². The largest absolute Gasteiger partial charge is 0.372 e. The summed E-state index contributed by atoms with van der Waals surface area (Å²) in [7, 11) is 0. The molecule has 0 aliphatic carbocycles. The molecule has 1 unspecified atom stereocenters. The van der Waals surface area contributed by atoms with Crippen LogP contribution in [-0.4, -0.2) is 22.9 Å². The molecule has 0 bridgehead atoms. The molecule has 2 N–H and O–H groups in total. The zero-order valence-electron chi connectivity index (χ0n) is 9.10. The van der Waals surface area contributed by atoms with Crippen LogP contribution in [0.15, 0.2) is 12.4 Å². The van der Waals surface area contributed by atoms with Crippen molar-refractivity contribution < 1.29 is 4.74 Å². The van der Waals surface area contributed by atoms with Crippen molar-refractivity contribution in [2.24, 2.45) is 5.73 Å². The van der Waals surface area contributed by atoms with E-state index in [1.807, 2.05) is 24.0 Å². The fourth-order valence-corrected chi connectivity index (χ4v) is 1.19.